The lowest BCUT2D eigenvalue weighted by Crippen LogP contribution is -2.27. The Morgan fingerprint density at radius 3 is 2.25 bits per heavy atom. The minimum Gasteiger partial charge on any atom is -0.493 e. The van der Waals surface area contributed by atoms with Gasteiger partial charge in [-0.3, -0.25) is 4.79 Å². The van der Waals surface area contributed by atoms with Gasteiger partial charge in [0.25, 0.3) is 5.91 Å². The molecule has 0 fully saturated rings. The number of aromatic nitrogens is 2. The third-order valence-corrected chi connectivity index (χ3v) is 3.05. The van der Waals surface area contributed by atoms with Gasteiger partial charge in [-0.2, -0.15) is 4.68 Å². The van der Waals surface area contributed by atoms with Crippen molar-refractivity contribution in [2.45, 2.75) is 20.8 Å². The fraction of sp³-hybridized carbons (Fsp3) is 0.429. The van der Waals surface area contributed by atoms with E-state index < -0.39 is 5.41 Å². The van der Waals surface area contributed by atoms with Gasteiger partial charge in [-0.05, 0) is 6.07 Å². The van der Waals surface area contributed by atoms with Gasteiger partial charge in [0, 0.05) is 16.9 Å². The molecule has 6 heteroatoms. The molecule has 0 unspecified atom stereocenters. The minimum absolute atomic E-state index is 0.133. The zero-order valence-electron chi connectivity index (χ0n) is 12.4. The molecule has 2 aromatic rings. The number of carbonyl (C=O) groups is 1. The lowest BCUT2D eigenvalue weighted by molar-refractivity contribution is 0.0755. The molecule has 0 atom stereocenters. The van der Waals surface area contributed by atoms with Crippen molar-refractivity contribution in [3.05, 3.63) is 12.1 Å². The Morgan fingerprint density at radius 2 is 1.75 bits per heavy atom. The van der Waals surface area contributed by atoms with Crippen LogP contribution in [0.4, 0.5) is 5.82 Å². The average molecular weight is 277 g/mol. The molecule has 2 N–H and O–H groups in total. The van der Waals surface area contributed by atoms with E-state index in [1.165, 1.54) is 4.68 Å². The maximum absolute atomic E-state index is 12.4. The van der Waals surface area contributed by atoms with Gasteiger partial charge in [0.05, 0.1) is 19.7 Å². The Labute approximate surface area is 117 Å². The first-order valence-electron chi connectivity index (χ1n) is 6.24. The number of fused-ring (bicyclic) bond motifs is 1. The van der Waals surface area contributed by atoms with Gasteiger partial charge in [-0.25, -0.2) is 0 Å². The van der Waals surface area contributed by atoms with E-state index in [1.807, 2.05) is 20.8 Å². The van der Waals surface area contributed by atoms with Gasteiger partial charge in [-0.15, -0.1) is 5.10 Å². The molecule has 1 heterocycles. The number of anilines is 1. The number of carbonyl (C=O) groups excluding carboxylic acids is 1. The fourth-order valence-electron chi connectivity index (χ4n) is 1.94. The van der Waals surface area contributed by atoms with E-state index in [4.69, 9.17) is 15.2 Å². The SMILES string of the molecule is COc1cc2c(N)nn(C(=O)C(C)(C)C)c2cc1OC. The molecule has 0 saturated carbocycles. The number of benzene rings is 1. The first-order valence-corrected chi connectivity index (χ1v) is 6.24. The molecule has 20 heavy (non-hydrogen) atoms. The highest BCUT2D eigenvalue weighted by Crippen LogP contribution is 2.35. The Morgan fingerprint density at radius 1 is 1.20 bits per heavy atom. The molecule has 0 saturated heterocycles. The highest BCUT2D eigenvalue weighted by molar-refractivity contribution is 5.99. The predicted molar refractivity (Wildman–Crippen MR) is 77.3 cm³/mol. The van der Waals surface area contributed by atoms with Gasteiger partial charge >= 0.3 is 0 Å². The van der Waals surface area contributed by atoms with Gasteiger partial charge in [0.2, 0.25) is 0 Å². The maximum atomic E-state index is 12.4. The standard InChI is InChI=1S/C14H19N3O3/c1-14(2,3)13(18)17-9-7-11(20-5)10(19-4)6-8(9)12(15)16-17/h6-7H,1-5H3,(H2,15,16). The normalized spacial score (nSPS) is 11.7. The van der Waals surface area contributed by atoms with Crippen LogP contribution in [-0.4, -0.2) is 29.9 Å². The highest BCUT2D eigenvalue weighted by atomic mass is 16.5. The van der Waals surface area contributed by atoms with Crippen molar-refractivity contribution in [2.24, 2.45) is 5.41 Å². The molecule has 0 aliphatic carbocycles. The number of rotatable bonds is 2. The van der Waals surface area contributed by atoms with Crippen molar-refractivity contribution in [3.63, 3.8) is 0 Å². The van der Waals surface area contributed by atoms with Crippen LogP contribution < -0.4 is 15.2 Å². The molecule has 0 spiro atoms. The summed E-state index contributed by atoms with van der Waals surface area (Å²) < 4.78 is 11.8. The number of methoxy groups -OCH3 is 2. The molecule has 0 bridgehead atoms. The van der Waals surface area contributed by atoms with Crippen molar-refractivity contribution < 1.29 is 14.3 Å². The van der Waals surface area contributed by atoms with Gasteiger partial charge < -0.3 is 15.2 Å². The zero-order valence-corrected chi connectivity index (χ0v) is 12.4. The summed E-state index contributed by atoms with van der Waals surface area (Å²) in [5.41, 5.74) is 5.95. The topological polar surface area (TPSA) is 79.4 Å². The first-order chi connectivity index (χ1) is 9.29. The third kappa shape index (κ3) is 2.17. The largest absolute Gasteiger partial charge is 0.493 e. The van der Waals surface area contributed by atoms with E-state index >= 15 is 0 Å². The van der Waals surface area contributed by atoms with Crippen LogP contribution >= 0.6 is 0 Å². The number of ether oxygens (including phenoxy) is 2. The maximum Gasteiger partial charge on any atom is 0.252 e. The van der Waals surface area contributed by atoms with Crippen molar-refractivity contribution in [2.75, 3.05) is 20.0 Å². The zero-order chi connectivity index (χ0) is 15.1. The second-order valence-electron chi connectivity index (χ2n) is 5.58. The van der Waals surface area contributed by atoms with Crippen molar-refractivity contribution in [1.82, 2.24) is 9.78 Å². The summed E-state index contributed by atoms with van der Waals surface area (Å²) in [6.07, 6.45) is 0. The number of hydrogen-bond donors (Lipinski definition) is 1. The summed E-state index contributed by atoms with van der Waals surface area (Å²) in [5, 5.41) is 4.81. The van der Waals surface area contributed by atoms with E-state index in [0.29, 0.717) is 28.2 Å². The third-order valence-electron chi connectivity index (χ3n) is 3.05. The molecule has 0 aliphatic rings. The predicted octanol–water partition coefficient (Wildman–Crippen LogP) is 2.32. The summed E-state index contributed by atoms with van der Waals surface area (Å²) in [7, 11) is 3.09. The van der Waals surface area contributed by atoms with Crippen LogP contribution in [0.15, 0.2) is 12.1 Å². The van der Waals surface area contributed by atoms with Crippen molar-refractivity contribution in [1.29, 1.82) is 0 Å². The summed E-state index contributed by atoms with van der Waals surface area (Å²) in [5.74, 6) is 1.24. The molecular formula is C14H19N3O3. The quantitative estimate of drug-likeness (QED) is 0.911. The van der Waals surface area contributed by atoms with E-state index in [1.54, 1.807) is 26.4 Å². The summed E-state index contributed by atoms with van der Waals surface area (Å²) in [6.45, 7) is 5.50. The smallest absolute Gasteiger partial charge is 0.252 e. The second kappa shape index (κ2) is 4.70. The molecule has 108 valence electrons. The summed E-state index contributed by atoms with van der Waals surface area (Å²) in [4.78, 5) is 12.4. The molecule has 6 nitrogen and oxygen atoms in total. The fourth-order valence-corrected chi connectivity index (χ4v) is 1.94. The van der Waals surface area contributed by atoms with Crippen LogP contribution in [-0.2, 0) is 0 Å². The van der Waals surface area contributed by atoms with Crippen LogP contribution in [0.1, 0.15) is 25.6 Å². The minimum atomic E-state index is -0.557. The van der Waals surface area contributed by atoms with E-state index in [-0.39, 0.29) is 5.91 Å². The molecule has 2 rings (SSSR count). The molecule has 0 aliphatic heterocycles. The van der Waals surface area contributed by atoms with Crippen LogP contribution in [0.25, 0.3) is 10.9 Å². The van der Waals surface area contributed by atoms with Gasteiger partial charge in [-0.1, -0.05) is 20.8 Å². The molecular weight excluding hydrogens is 258 g/mol. The number of nitrogens with two attached hydrogens (primary N) is 1. The van der Waals surface area contributed by atoms with Crippen LogP contribution in [0, 0.1) is 5.41 Å². The monoisotopic (exact) mass is 277 g/mol. The molecule has 0 amide bonds. The lowest BCUT2D eigenvalue weighted by atomic mass is 9.96. The Hall–Kier alpha value is -2.24. The van der Waals surface area contributed by atoms with Crippen molar-refractivity contribution in [3.8, 4) is 11.5 Å². The van der Waals surface area contributed by atoms with Crippen LogP contribution in [0.2, 0.25) is 0 Å². The molecule has 1 aromatic carbocycles. The number of hydrogen-bond acceptors (Lipinski definition) is 5. The highest BCUT2D eigenvalue weighted by Gasteiger charge is 2.27. The lowest BCUT2D eigenvalue weighted by Gasteiger charge is -2.16. The Kier molecular flexibility index (Phi) is 3.33. The number of nitrogens with zero attached hydrogens (tertiary/aromatic N) is 2. The Balaban J connectivity index is 2.73. The summed E-state index contributed by atoms with van der Waals surface area (Å²) >= 11 is 0. The Bertz CT molecular complexity index is 668. The summed E-state index contributed by atoms with van der Waals surface area (Å²) in [6, 6.07) is 3.43. The van der Waals surface area contributed by atoms with Gasteiger partial charge in [0.1, 0.15) is 0 Å². The number of nitrogen functional groups attached to an aromatic ring is 1. The van der Waals surface area contributed by atoms with E-state index in [9.17, 15) is 4.79 Å². The van der Waals surface area contributed by atoms with Gasteiger partial charge in [0.15, 0.2) is 17.3 Å². The second-order valence-corrected chi connectivity index (χ2v) is 5.58. The van der Waals surface area contributed by atoms with Crippen molar-refractivity contribution >= 4 is 22.6 Å². The van der Waals surface area contributed by atoms with Crippen LogP contribution in [0.3, 0.4) is 0 Å². The van der Waals surface area contributed by atoms with E-state index in [0.717, 1.165) is 0 Å². The molecule has 0 radical (unpaired) electrons. The molecule has 1 aromatic heterocycles. The average Bonchev–Trinajstić information content (AvgIpc) is 2.71. The van der Waals surface area contributed by atoms with Crippen LogP contribution in [0.5, 0.6) is 11.5 Å². The van der Waals surface area contributed by atoms with E-state index in [2.05, 4.69) is 5.10 Å². The first kappa shape index (κ1) is 14.2.